The van der Waals surface area contributed by atoms with Crippen LogP contribution in [0.1, 0.15) is 134 Å². The maximum Gasteiger partial charge on any atom is 0.309 e. The van der Waals surface area contributed by atoms with E-state index in [1.165, 1.54) is 12.8 Å². The molecule has 0 aliphatic heterocycles. The quantitative estimate of drug-likeness (QED) is 0.135. The van der Waals surface area contributed by atoms with Gasteiger partial charge >= 0.3 is 11.9 Å². The van der Waals surface area contributed by atoms with Gasteiger partial charge in [-0.25, -0.2) is 0 Å². The lowest BCUT2D eigenvalue weighted by Crippen LogP contribution is -2.31. The number of nitrogens with zero attached hydrogens (tertiary/aromatic N) is 1. The van der Waals surface area contributed by atoms with Crippen molar-refractivity contribution in [1.29, 1.82) is 0 Å². The molecule has 7 nitrogen and oxygen atoms in total. The van der Waals surface area contributed by atoms with Crippen molar-refractivity contribution in [2.45, 2.75) is 147 Å². The van der Waals surface area contributed by atoms with E-state index in [2.05, 4.69) is 55.4 Å². The van der Waals surface area contributed by atoms with Gasteiger partial charge in [0.05, 0.1) is 24.0 Å². The van der Waals surface area contributed by atoms with Crippen molar-refractivity contribution in [3.8, 4) is 11.1 Å². The van der Waals surface area contributed by atoms with Crippen molar-refractivity contribution in [2.75, 3.05) is 0 Å². The van der Waals surface area contributed by atoms with Gasteiger partial charge in [0, 0.05) is 23.5 Å². The number of ether oxygens (including phenoxy) is 4. The van der Waals surface area contributed by atoms with Crippen LogP contribution in [0.4, 0.5) is 0 Å². The molecule has 0 atom stereocenters. The fraction of sp³-hybridized carbons (Fsp3) is 0.553. The molecule has 4 saturated carbocycles. The highest BCUT2D eigenvalue weighted by Crippen LogP contribution is 2.38. The molecule has 4 aliphatic rings. The van der Waals surface area contributed by atoms with Crippen molar-refractivity contribution in [3.05, 3.63) is 79.1 Å². The summed E-state index contributed by atoms with van der Waals surface area (Å²) in [6.07, 6.45) is 21.0. The maximum atomic E-state index is 12.9. The first-order valence-corrected chi connectivity index (χ1v) is 20.9. The molecule has 7 rings (SSSR count). The van der Waals surface area contributed by atoms with Gasteiger partial charge in [0.15, 0.2) is 0 Å². The summed E-state index contributed by atoms with van der Waals surface area (Å²) in [5.41, 5.74) is 4.04. The van der Waals surface area contributed by atoms with E-state index >= 15 is 0 Å². The van der Waals surface area contributed by atoms with E-state index in [1.807, 2.05) is 24.5 Å². The van der Waals surface area contributed by atoms with Crippen LogP contribution in [-0.4, -0.2) is 41.3 Å². The van der Waals surface area contributed by atoms with Crippen molar-refractivity contribution in [2.24, 2.45) is 17.8 Å². The molecule has 3 aromatic rings. The number of carbonyl (C=O) groups excluding carboxylic acids is 2. The highest BCUT2D eigenvalue weighted by molar-refractivity contribution is 6.00. The predicted molar refractivity (Wildman–Crippen MR) is 214 cm³/mol. The highest BCUT2D eigenvalue weighted by atomic mass is 16.5. The second kappa shape index (κ2) is 18.0. The average molecular weight is 734 g/mol. The first-order chi connectivity index (χ1) is 26.3. The number of aromatic nitrogens is 1. The van der Waals surface area contributed by atoms with Gasteiger partial charge in [-0.1, -0.05) is 57.9 Å². The highest BCUT2D eigenvalue weighted by Gasteiger charge is 2.32. The molecule has 4 fully saturated rings. The lowest BCUT2D eigenvalue weighted by atomic mass is 9.81. The first kappa shape index (κ1) is 38.2. The number of pyridine rings is 1. The Hall–Kier alpha value is -4.13. The molecule has 0 bridgehead atoms. The van der Waals surface area contributed by atoms with Crippen LogP contribution in [0.3, 0.4) is 0 Å². The Labute approximate surface area is 321 Å². The number of esters is 2. The van der Waals surface area contributed by atoms with Crippen LogP contribution in [0, 0.1) is 17.8 Å². The summed E-state index contributed by atoms with van der Waals surface area (Å²) in [6, 6.07) is 14.6. The summed E-state index contributed by atoms with van der Waals surface area (Å²) in [6.45, 7) is 11.1. The van der Waals surface area contributed by atoms with Crippen molar-refractivity contribution in [1.82, 2.24) is 4.98 Å². The molecule has 0 N–H and O–H groups in total. The van der Waals surface area contributed by atoms with Crippen LogP contribution in [0.25, 0.3) is 33.4 Å². The second-order valence-electron chi connectivity index (χ2n) is 16.4. The zero-order valence-electron chi connectivity index (χ0n) is 32.3. The van der Waals surface area contributed by atoms with Gasteiger partial charge in [-0.2, -0.15) is 0 Å². The van der Waals surface area contributed by atoms with Gasteiger partial charge in [0.25, 0.3) is 0 Å². The second-order valence-corrected chi connectivity index (χ2v) is 16.4. The Morgan fingerprint density at radius 2 is 1.04 bits per heavy atom. The normalized spacial score (nSPS) is 26.4. The topological polar surface area (TPSA) is 84.0 Å². The molecule has 288 valence electrons. The zero-order chi connectivity index (χ0) is 37.4. The Balaban J connectivity index is 0.985. The van der Waals surface area contributed by atoms with Gasteiger partial charge in [0.1, 0.15) is 23.7 Å². The monoisotopic (exact) mass is 733 g/mol. The molecule has 0 unspecified atom stereocenters. The smallest absolute Gasteiger partial charge is 0.309 e. The van der Waals surface area contributed by atoms with E-state index in [9.17, 15) is 9.59 Å². The van der Waals surface area contributed by atoms with Gasteiger partial charge in [-0.05, 0) is 148 Å². The van der Waals surface area contributed by atoms with Crippen LogP contribution >= 0.6 is 0 Å². The molecule has 7 heteroatoms. The fourth-order valence-corrected chi connectivity index (χ4v) is 9.29. The third kappa shape index (κ3) is 9.38. The molecule has 0 spiro atoms. The summed E-state index contributed by atoms with van der Waals surface area (Å²) in [4.78, 5) is 29.9. The number of hydrogen-bond donors (Lipinski definition) is 0. The van der Waals surface area contributed by atoms with Crippen LogP contribution in [0.5, 0.6) is 0 Å². The SMILES string of the molecule is C=C(OC1CCC(OC(=O)C2CCCCC2)CC1)c1ccc(C(=C)OC2CCC(OC(=O)C3CCC(CC)CC3)CC2)c2ccc(-c3ccncc3)cc12. The summed E-state index contributed by atoms with van der Waals surface area (Å²) in [5, 5.41) is 2.05. The van der Waals surface area contributed by atoms with E-state index in [4.69, 9.17) is 18.9 Å². The van der Waals surface area contributed by atoms with Crippen LogP contribution in [0.15, 0.2) is 68.0 Å². The minimum absolute atomic E-state index is 0.00118. The third-order valence-corrected chi connectivity index (χ3v) is 12.8. The Morgan fingerprint density at radius 1 is 0.556 bits per heavy atom. The van der Waals surface area contributed by atoms with Gasteiger partial charge in [-0.15, -0.1) is 0 Å². The number of hydrogen-bond acceptors (Lipinski definition) is 7. The van der Waals surface area contributed by atoms with E-state index in [1.54, 1.807) is 0 Å². The summed E-state index contributed by atoms with van der Waals surface area (Å²) in [5.74, 6) is 2.19. The van der Waals surface area contributed by atoms with Crippen LogP contribution < -0.4 is 0 Å². The van der Waals surface area contributed by atoms with Crippen molar-refractivity contribution >= 4 is 34.2 Å². The molecule has 1 aromatic heterocycles. The lowest BCUT2D eigenvalue weighted by molar-refractivity contribution is -0.158. The molecule has 1 heterocycles. The number of fused-ring (bicyclic) bond motifs is 1. The Kier molecular flexibility index (Phi) is 12.7. The third-order valence-electron chi connectivity index (χ3n) is 12.8. The van der Waals surface area contributed by atoms with E-state index in [-0.39, 0.29) is 48.2 Å². The maximum absolute atomic E-state index is 12.9. The average Bonchev–Trinajstić information content (AvgIpc) is 3.22. The standard InChI is InChI=1S/C47H59NO6/c1-4-33-10-12-36(13-11-33)47(50)54-41-21-15-38(16-22-41)51-31(2)42-24-25-43(45-30-37(14-23-44(42)45)34-26-28-48-29-27-34)32(3)52-39-17-19-40(20-18-39)53-46(49)35-8-6-5-7-9-35/h14,23-30,33,35-36,38-41H,2-13,15-22H2,1H3. The van der Waals surface area contributed by atoms with E-state index in [0.29, 0.717) is 11.5 Å². The van der Waals surface area contributed by atoms with Crippen molar-refractivity contribution < 1.29 is 28.5 Å². The lowest BCUT2D eigenvalue weighted by Gasteiger charge is -2.32. The minimum atomic E-state index is -0.0288. The molecule has 4 aliphatic carbocycles. The largest absolute Gasteiger partial charge is 0.490 e. The molecule has 0 saturated heterocycles. The number of carbonyl (C=O) groups is 2. The molecule has 54 heavy (non-hydrogen) atoms. The number of rotatable bonds is 12. The Morgan fingerprint density at radius 3 is 1.56 bits per heavy atom. The predicted octanol–water partition coefficient (Wildman–Crippen LogP) is 11.4. The van der Waals surface area contributed by atoms with Crippen LogP contribution in [-0.2, 0) is 28.5 Å². The summed E-state index contributed by atoms with van der Waals surface area (Å²) >= 11 is 0. The Bertz CT molecular complexity index is 1760. The molecule has 0 radical (unpaired) electrons. The molecular formula is C47H59NO6. The molecule has 0 amide bonds. The number of benzene rings is 2. The fourth-order valence-electron chi connectivity index (χ4n) is 9.29. The van der Waals surface area contributed by atoms with Gasteiger partial charge in [0.2, 0.25) is 0 Å². The van der Waals surface area contributed by atoms with Gasteiger partial charge in [-0.3, -0.25) is 14.6 Å². The van der Waals surface area contributed by atoms with Crippen molar-refractivity contribution in [3.63, 3.8) is 0 Å². The van der Waals surface area contributed by atoms with E-state index < -0.39 is 0 Å². The van der Waals surface area contributed by atoms with E-state index in [0.717, 1.165) is 142 Å². The molecule has 2 aromatic carbocycles. The first-order valence-electron chi connectivity index (χ1n) is 20.9. The molecular weight excluding hydrogens is 675 g/mol. The minimum Gasteiger partial charge on any atom is -0.490 e. The van der Waals surface area contributed by atoms with Gasteiger partial charge < -0.3 is 18.9 Å². The summed E-state index contributed by atoms with van der Waals surface area (Å²) < 4.78 is 25.1. The zero-order valence-corrected chi connectivity index (χ0v) is 32.3. The summed E-state index contributed by atoms with van der Waals surface area (Å²) in [7, 11) is 0. The van der Waals surface area contributed by atoms with Crippen LogP contribution in [0.2, 0.25) is 0 Å².